The van der Waals surface area contributed by atoms with Crippen LogP contribution in [-0.2, 0) is 0 Å². The van der Waals surface area contributed by atoms with Crippen molar-refractivity contribution >= 4 is 22.7 Å². The summed E-state index contributed by atoms with van der Waals surface area (Å²) in [4.78, 5) is 33.1. The Hall–Kier alpha value is -4.12. The molecule has 0 fully saturated rings. The van der Waals surface area contributed by atoms with Gasteiger partial charge in [-0.05, 0) is 30.3 Å². The SMILES string of the molecule is O=C(c1ccccc1)N1C=CN(C(=O)c2ccccc2)C1c1c[nH]c2ccccc12. The molecule has 0 atom stereocenters. The minimum atomic E-state index is -0.582. The van der Waals surface area contributed by atoms with Crippen LogP contribution in [0.1, 0.15) is 32.4 Å². The number of para-hydroxylation sites is 1. The molecule has 1 aromatic heterocycles. The minimum absolute atomic E-state index is 0.162. The molecule has 1 N–H and O–H groups in total. The standard InChI is InChI=1S/C25H19N3O2/c29-24(18-9-3-1-4-10-18)27-15-16-28(25(30)19-11-5-2-6-12-19)23(27)21-17-26-22-14-8-7-13-20(21)22/h1-17,23,26H. The van der Waals surface area contributed by atoms with E-state index < -0.39 is 6.17 Å². The number of carbonyl (C=O) groups excluding carboxylic acids is 2. The number of nitrogens with zero attached hydrogens (tertiary/aromatic N) is 2. The number of H-pyrrole nitrogens is 1. The van der Waals surface area contributed by atoms with Crippen LogP contribution in [0.5, 0.6) is 0 Å². The molecule has 0 saturated heterocycles. The summed E-state index contributed by atoms with van der Waals surface area (Å²) < 4.78 is 0. The molecule has 146 valence electrons. The van der Waals surface area contributed by atoms with Crippen molar-refractivity contribution in [3.05, 3.63) is 120 Å². The molecule has 1 aliphatic heterocycles. The maximum atomic E-state index is 13.3. The lowest BCUT2D eigenvalue weighted by Crippen LogP contribution is -2.37. The minimum Gasteiger partial charge on any atom is -0.361 e. The van der Waals surface area contributed by atoms with Gasteiger partial charge in [-0.15, -0.1) is 0 Å². The van der Waals surface area contributed by atoms with Gasteiger partial charge in [0.2, 0.25) is 0 Å². The molecule has 0 aliphatic carbocycles. The average molecular weight is 393 g/mol. The van der Waals surface area contributed by atoms with Crippen molar-refractivity contribution in [2.24, 2.45) is 0 Å². The molecular formula is C25H19N3O2. The molecule has 5 heteroatoms. The predicted molar refractivity (Wildman–Crippen MR) is 115 cm³/mol. The Morgan fingerprint density at radius 3 is 1.73 bits per heavy atom. The van der Waals surface area contributed by atoms with Crippen molar-refractivity contribution in [2.45, 2.75) is 6.17 Å². The number of benzene rings is 3. The number of hydrogen-bond acceptors (Lipinski definition) is 2. The molecule has 5 nitrogen and oxygen atoms in total. The molecule has 0 unspecified atom stereocenters. The summed E-state index contributed by atoms with van der Waals surface area (Å²) in [6.07, 6.45) is 4.66. The Morgan fingerprint density at radius 1 is 0.667 bits per heavy atom. The summed E-state index contributed by atoms with van der Waals surface area (Å²) in [5.41, 5.74) is 2.96. The van der Waals surface area contributed by atoms with E-state index in [4.69, 9.17) is 0 Å². The lowest BCUT2D eigenvalue weighted by atomic mass is 10.1. The molecule has 5 rings (SSSR count). The van der Waals surface area contributed by atoms with E-state index in [1.54, 1.807) is 46.5 Å². The number of amides is 2. The second-order valence-corrected chi connectivity index (χ2v) is 7.12. The number of aromatic amines is 1. The zero-order valence-electron chi connectivity index (χ0n) is 16.1. The Bertz CT molecular complexity index is 1180. The van der Waals surface area contributed by atoms with Gasteiger partial charge in [0.05, 0.1) is 0 Å². The summed E-state index contributed by atoms with van der Waals surface area (Å²) >= 11 is 0. The highest BCUT2D eigenvalue weighted by atomic mass is 16.2. The lowest BCUT2D eigenvalue weighted by Gasteiger charge is -2.30. The van der Waals surface area contributed by atoms with Crippen molar-refractivity contribution in [1.29, 1.82) is 0 Å². The van der Waals surface area contributed by atoms with E-state index in [2.05, 4.69) is 4.98 Å². The molecule has 1 aliphatic rings. The van der Waals surface area contributed by atoms with Gasteiger partial charge in [0.15, 0.2) is 0 Å². The summed E-state index contributed by atoms with van der Waals surface area (Å²) in [5, 5.41) is 0.975. The van der Waals surface area contributed by atoms with Gasteiger partial charge in [0.1, 0.15) is 6.17 Å². The third kappa shape index (κ3) is 2.97. The van der Waals surface area contributed by atoms with Gasteiger partial charge in [0, 0.05) is 46.2 Å². The summed E-state index contributed by atoms with van der Waals surface area (Å²) in [5.74, 6) is -0.323. The topological polar surface area (TPSA) is 56.4 Å². The van der Waals surface area contributed by atoms with Crippen LogP contribution in [0.25, 0.3) is 10.9 Å². The average Bonchev–Trinajstić information content (AvgIpc) is 3.43. The summed E-state index contributed by atoms with van der Waals surface area (Å²) in [6.45, 7) is 0. The van der Waals surface area contributed by atoms with Gasteiger partial charge < -0.3 is 4.98 Å². The number of nitrogens with one attached hydrogen (secondary N) is 1. The van der Waals surface area contributed by atoms with Crippen LogP contribution in [0.2, 0.25) is 0 Å². The fraction of sp³-hybridized carbons (Fsp3) is 0.0400. The largest absolute Gasteiger partial charge is 0.361 e. The monoisotopic (exact) mass is 393 g/mol. The van der Waals surface area contributed by atoms with Gasteiger partial charge in [-0.3, -0.25) is 19.4 Å². The zero-order chi connectivity index (χ0) is 20.5. The van der Waals surface area contributed by atoms with Gasteiger partial charge in [0.25, 0.3) is 11.8 Å². The van der Waals surface area contributed by atoms with Crippen LogP contribution in [-0.4, -0.2) is 26.6 Å². The van der Waals surface area contributed by atoms with E-state index in [1.165, 1.54) is 0 Å². The molecule has 2 heterocycles. The lowest BCUT2D eigenvalue weighted by molar-refractivity contribution is 0.0581. The highest BCUT2D eigenvalue weighted by Gasteiger charge is 2.37. The number of hydrogen-bond donors (Lipinski definition) is 1. The van der Waals surface area contributed by atoms with E-state index in [-0.39, 0.29) is 11.8 Å². The zero-order valence-corrected chi connectivity index (χ0v) is 16.1. The van der Waals surface area contributed by atoms with Crippen LogP contribution in [0.4, 0.5) is 0 Å². The highest BCUT2D eigenvalue weighted by Crippen LogP contribution is 2.37. The first-order valence-electron chi connectivity index (χ1n) is 9.74. The molecule has 0 saturated carbocycles. The van der Waals surface area contributed by atoms with Gasteiger partial charge in [-0.2, -0.15) is 0 Å². The van der Waals surface area contributed by atoms with Crippen LogP contribution < -0.4 is 0 Å². The van der Waals surface area contributed by atoms with Crippen molar-refractivity contribution in [3.8, 4) is 0 Å². The van der Waals surface area contributed by atoms with E-state index >= 15 is 0 Å². The quantitative estimate of drug-likeness (QED) is 0.536. The third-order valence-corrected chi connectivity index (χ3v) is 5.32. The Kier molecular flexibility index (Phi) is 4.41. The number of fused-ring (bicyclic) bond motifs is 1. The van der Waals surface area contributed by atoms with Crippen molar-refractivity contribution in [1.82, 2.24) is 14.8 Å². The molecule has 2 amide bonds. The van der Waals surface area contributed by atoms with Gasteiger partial charge >= 0.3 is 0 Å². The summed E-state index contributed by atoms with van der Waals surface area (Å²) in [7, 11) is 0. The Balaban J connectivity index is 1.60. The summed E-state index contributed by atoms with van der Waals surface area (Å²) in [6, 6.07) is 26.1. The van der Waals surface area contributed by atoms with Crippen molar-refractivity contribution < 1.29 is 9.59 Å². The molecule has 0 spiro atoms. The van der Waals surface area contributed by atoms with Crippen LogP contribution in [0.3, 0.4) is 0 Å². The maximum absolute atomic E-state index is 13.3. The van der Waals surface area contributed by atoms with Crippen LogP contribution >= 0.6 is 0 Å². The van der Waals surface area contributed by atoms with Gasteiger partial charge in [-0.1, -0.05) is 54.6 Å². The first-order chi connectivity index (χ1) is 14.7. The maximum Gasteiger partial charge on any atom is 0.259 e. The molecule has 30 heavy (non-hydrogen) atoms. The third-order valence-electron chi connectivity index (χ3n) is 5.32. The first-order valence-corrected chi connectivity index (χ1v) is 9.74. The second-order valence-electron chi connectivity index (χ2n) is 7.12. The van der Waals surface area contributed by atoms with Crippen LogP contribution in [0.15, 0.2) is 104 Å². The second kappa shape index (κ2) is 7.37. The van der Waals surface area contributed by atoms with Crippen molar-refractivity contribution in [2.75, 3.05) is 0 Å². The van der Waals surface area contributed by atoms with Gasteiger partial charge in [-0.25, -0.2) is 0 Å². The van der Waals surface area contributed by atoms with E-state index in [1.807, 2.05) is 66.9 Å². The van der Waals surface area contributed by atoms with Crippen LogP contribution in [0, 0.1) is 0 Å². The number of rotatable bonds is 3. The normalized spacial score (nSPS) is 13.9. The molecule has 0 bridgehead atoms. The van der Waals surface area contributed by atoms with E-state index in [0.717, 1.165) is 16.5 Å². The Morgan fingerprint density at radius 2 is 1.17 bits per heavy atom. The van der Waals surface area contributed by atoms with E-state index in [0.29, 0.717) is 11.1 Å². The predicted octanol–water partition coefficient (Wildman–Crippen LogP) is 4.94. The molecule has 4 aromatic rings. The molecule has 3 aromatic carbocycles. The van der Waals surface area contributed by atoms with E-state index in [9.17, 15) is 9.59 Å². The molecular weight excluding hydrogens is 374 g/mol. The highest BCUT2D eigenvalue weighted by molar-refractivity contribution is 5.99. The van der Waals surface area contributed by atoms with Crippen molar-refractivity contribution in [3.63, 3.8) is 0 Å². The number of aromatic nitrogens is 1. The number of carbonyl (C=O) groups is 2. The fourth-order valence-corrected chi connectivity index (χ4v) is 3.87. The smallest absolute Gasteiger partial charge is 0.259 e. The Labute approximate surface area is 173 Å². The molecule has 0 radical (unpaired) electrons. The fourth-order valence-electron chi connectivity index (χ4n) is 3.87. The first kappa shape index (κ1) is 17.9.